The predicted molar refractivity (Wildman–Crippen MR) is 262 cm³/mol. The highest BCUT2D eigenvalue weighted by atomic mass is 32.1. The number of aromatic nitrogens is 2. The third-order valence-electron chi connectivity index (χ3n) is 11.3. The molecule has 0 unspecified atom stereocenters. The second kappa shape index (κ2) is 24.6. The van der Waals surface area contributed by atoms with Crippen LogP contribution in [-0.4, -0.2) is 66.8 Å². The molecule has 0 amide bonds. The normalized spacial score (nSPS) is 13.0. The summed E-state index contributed by atoms with van der Waals surface area (Å²) in [6.07, 6.45) is 30.0. The van der Waals surface area contributed by atoms with Crippen LogP contribution >= 0.6 is 22.7 Å². The fraction of sp³-hybridized carbons (Fsp3) is 0.480. The maximum Gasteiger partial charge on any atom is 0.185 e. The Morgan fingerprint density at radius 1 is 0.435 bits per heavy atom. The molecule has 1 aliphatic rings. The van der Waals surface area contributed by atoms with Gasteiger partial charge in [-0.1, -0.05) is 140 Å². The van der Waals surface area contributed by atoms with E-state index in [9.17, 15) is 30.6 Å². The molecule has 0 saturated heterocycles. The Kier molecular flexibility index (Phi) is 19.1. The number of hydrogen-bond donors (Lipinski definition) is 6. The van der Waals surface area contributed by atoms with Gasteiger partial charge < -0.3 is 40.4 Å². The van der Waals surface area contributed by atoms with Crippen molar-refractivity contribution in [3.05, 3.63) is 80.2 Å². The summed E-state index contributed by atoms with van der Waals surface area (Å²) in [7, 11) is 0. The van der Waals surface area contributed by atoms with E-state index in [0.29, 0.717) is 11.1 Å². The fourth-order valence-corrected chi connectivity index (χ4v) is 9.48. The van der Waals surface area contributed by atoms with Crippen molar-refractivity contribution in [2.75, 3.05) is 36.0 Å². The van der Waals surface area contributed by atoms with Gasteiger partial charge in [-0.15, -0.1) is 0 Å². The van der Waals surface area contributed by atoms with Crippen molar-refractivity contribution in [1.82, 2.24) is 9.97 Å². The van der Waals surface area contributed by atoms with E-state index in [1.165, 1.54) is 101 Å². The Bertz CT molecular complexity index is 1940. The molecule has 4 aromatic rings. The number of aliphatic hydroxyl groups is 2. The van der Waals surface area contributed by atoms with Gasteiger partial charge in [0.05, 0.1) is 22.3 Å². The highest BCUT2D eigenvalue weighted by Crippen LogP contribution is 2.53. The molecule has 62 heavy (non-hydrogen) atoms. The Morgan fingerprint density at radius 2 is 0.742 bits per heavy atom. The number of phenolic OH excluding ortho intramolecular Hbond substituents is 4. The quantitative estimate of drug-likeness (QED) is 0.0304. The van der Waals surface area contributed by atoms with Gasteiger partial charge in [-0.3, -0.25) is 0 Å². The smallest absolute Gasteiger partial charge is 0.185 e. The predicted octanol–water partition coefficient (Wildman–Crippen LogP) is 13.9. The zero-order valence-corrected chi connectivity index (χ0v) is 38.8. The first-order valence-corrected chi connectivity index (χ1v) is 24.5. The molecule has 0 saturated carbocycles. The maximum atomic E-state index is 11.2. The number of hydrogen-bond acceptors (Lipinski definition) is 12. The minimum Gasteiger partial charge on any atom is -0.507 e. The summed E-state index contributed by atoms with van der Waals surface area (Å²) in [5, 5.41) is 68.6. The van der Waals surface area contributed by atoms with Crippen LogP contribution in [0.25, 0.3) is 35.5 Å². The second-order valence-electron chi connectivity index (χ2n) is 16.3. The van der Waals surface area contributed by atoms with Crippen molar-refractivity contribution in [3.63, 3.8) is 0 Å². The van der Waals surface area contributed by atoms with Gasteiger partial charge in [0.15, 0.2) is 10.3 Å². The molecule has 1 aliphatic carbocycles. The topological polar surface area (TPSA) is 154 Å². The lowest BCUT2D eigenvalue weighted by molar-refractivity contribution is 0.381. The highest BCUT2D eigenvalue weighted by Gasteiger charge is 2.37. The summed E-state index contributed by atoms with van der Waals surface area (Å²) >= 11 is 3.21. The average Bonchev–Trinajstić information content (AvgIpc) is 3.94. The summed E-state index contributed by atoms with van der Waals surface area (Å²) in [6.45, 7) is 12.8. The van der Waals surface area contributed by atoms with Gasteiger partial charge in [0, 0.05) is 48.3 Å². The van der Waals surface area contributed by atoms with Crippen LogP contribution in [-0.2, 0) is 0 Å². The van der Waals surface area contributed by atoms with E-state index in [0.717, 1.165) is 71.9 Å². The summed E-state index contributed by atoms with van der Waals surface area (Å²) < 4.78 is 0. The minimum atomic E-state index is -0.484. The van der Waals surface area contributed by atoms with Gasteiger partial charge in [0.25, 0.3) is 0 Å². The van der Waals surface area contributed by atoms with Crippen LogP contribution in [0.15, 0.2) is 48.2 Å². The molecule has 12 heteroatoms. The first kappa shape index (κ1) is 48.1. The van der Waals surface area contributed by atoms with Crippen LogP contribution in [0.4, 0.5) is 10.3 Å². The Labute approximate surface area is 377 Å². The van der Waals surface area contributed by atoms with Crippen LogP contribution in [0.5, 0.6) is 23.0 Å². The van der Waals surface area contributed by atoms with E-state index in [1.807, 2.05) is 24.5 Å². The van der Waals surface area contributed by atoms with E-state index in [1.54, 1.807) is 34.8 Å². The zero-order chi connectivity index (χ0) is 44.4. The van der Waals surface area contributed by atoms with Gasteiger partial charge in [-0.2, -0.15) is 0 Å². The van der Waals surface area contributed by atoms with Gasteiger partial charge in [-0.25, -0.2) is 9.97 Å². The number of allylic oxidation sites excluding steroid dienone is 2. The lowest BCUT2D eigenvalue weighted by atomic mass is 9.82. The molecule has 2 aromatic heterocycles. The lowest BCUT2D eigenvalue weighted by Gasteiger charge is -2.26. The van der Waals surface area contributed by atoms with Crippen molar-refractivity contribution in [2.24, 2.45) is 0 Å². The van der Waals surface area contributed by atoms with Crippen molar-refractivity contribution >= 4 is 68.4 Å². The fourth-order valence-electron chi connectivity index (χ4n) is 7.74. The van der Waals surface area contributed by atoms with Crippen molar-refractivity contribution < 1.29 is 30.6 Å². The standard InChI is InChI=1S/C50H68N4O6S2/c1-5-9-13-17-25-53(26-18-14-10-6-2)49-51-33-37(61-49)23-21-35-29-39(55)43(40(56)30-35)45-47(59)46(48(45)60)44-41(57)31-36(32-42(44)58)22-24-38-34-52-50(62-38)54(27-19-15-11-7-3)28-20-16-12-8-4/h21-24,29-34,55-60H,5-20,25-28H2,1-4H3/b23-21+,24-22+. The van der Waals surface area contributed by atoms with Crippen LogP contribution < -0.4 is 9.80 Å². The van der Waals surface area contributed by atoms with Gasteiger partial charge in [0.1, 0.15) is 34.5 Å². The third-order valence-corrected chi connectivity index (χ3v) is 13.3. The Morgan fingerprint density at radius 3 is 1.03 bits per heavy atom. The molecule has 6 N–H and O–H groups in total. The van der Waals surface area contributed by atoms with E-state index in [4.69, 9.17) is 9.97 Å². The minimum absolute atomic E-state index is 0.161. The first-order valence-electron chi connectivity index (χ1n) is 22.9. The van der Waals surface area contributed by atoms with E-state index in [2.05, 4.69) is 37.5 Å². The molecule has 0 atom stereocenters. The third kappa shape index (κ3) is 13.0. The summed E-state index contributed by atoms with van der Waals surface area (Å²) in [5.41, 5.74) is 0.312. The highest BCUT2D eigenvalue weighted by molar-refractivity contribution is 7.16. The molecule has 2 aromatic carbocycles. The zero-order valence-electron chi connectivity index (χ0n) is 37.2. The second-order valence-corrected chi connectivity index (χ2v) is 18.4. The Hall–Kier alpha value is -4.94. The van der Waals surface area contributed by atoms with Crippen molar-refractivity contribution in [3.8, 4) is 23.0 Å². The SMILES string of the molecule is CCCCCCN(CCCCCC)c1ncc(/C=C/c2cc(O)c(C3=C(O)C(c4c(O)cc(/C=C/c5cnc(N(CCCCCC)CCCCCC)s5)cc4O)=C3O)c(O)c2)s1. The number of unbranched alkanes of at least 4 members (excludes halogenated alkanes) is 12. The van der Waals surface area contributed by atoms with Crippen LogP contribution in [0, 0.1) is 0 Å². The number of phenols is 4. The number of aliphatic hydroxyl groups excluding tert-OH is 2. The van der Waals surface area contributed by atoms with Crippen molar-refractivity contribution in [1.29, 1.82) is 0 Å². The van der Waals surface area contributed by atoms with E-state index in [-0.39, 0.29) is 45.3 Å². The number of rotatable bonds is 28. The molecular weight excluding hydrogens is 817 g/mol. The molecule has 0 bridgehead atoms. The van der Waals surface area contributed by atoms with E-state index < -0.39 is 11.5 Å². The number of benzene rings is 2. The van der Waals surface area contributed by atoms with Crippen LogP contribution in [0.2, 0.25) is 0 Å². The van der Waals surface area contributed by atoms with Gasteiger partial charge in [-0.05, 0) is 73.2 Å². The molecular formula is C50H68N4O6S2. The number of nitrogens with zero attached hydrogens (tertiary/aromatic N) is 4. The molecule has 0 fully saturated rings. The summed E-state index contributed by atoms with van der Waals surface area (Å²) in [6, 6.07) is 5.75. The first-order chi connectivity index (χ1) is 30.1. The molecule has 0 aliphatic heterocycles. The summed E-state index contributed by atoms with van der Waals surface area (Å²) in [4.78, 5) is 16.1. The monoisotopic (exact) mass is 884 g/mol. The lowest BCUT2D eigenvalue weighted by Crippen LogP contribution is -2.25. The number of aromatic hydroxyl groups is 4. The van der Waals surface area contributed by atoms with Crippen LogP contribution in [0.1, 0.15) is 162 Å². The molecule has 0 radical (unpaired) electrons. The summed E-state index contributed by atoms with van der Waals surface area (Å²) in [5.74, 6) is -2.40. The maximum absolute atomic E-state index is 11.2. The molecule has 5 rings (SSSR count). The largest absolute Gasteiger partial charge is 0.507 e. The van der Waals surface area contributed by atoms with Gasteiger partial charge in [0.2, 0.25) is 0 Å². The van der Waals surface area contributed by atoms with Crippen molar-refractivity contribution in [2.45, 2.75) is 130 Å². The van der Waals surface area contributed by atoms with Crippen LogP contribution in [0.3, 0.4) is 0 Å². The number of anilines is 2. The van der Waals surface area contributed by atoms with Gasteiger partial charge >= 0.3 is 0 Å². The number of thiazole rings is 2. The molecule has 10 nitrogen and oxygen atoms in total. The molecule has 0 spiro atoms. The molecule has 2 heterocycles. The Balaban J connectivity index is 1.26. The van der Waals surface area contributed by atoms with E-state index >= 15 is 0 Å². The molecule has 336 valence electrons. The average molecular weight is 885 g/mol.